The molecular formula is C54H70O10. The van der Waals surface area contributed by atoms with Gasteiger partial charge in [0.1, 0.15) is 13.2 Å². The average molecular weight is 879 g/mol. The summed E-state index contributed by atoms with van der Waals surface area (Å²) in [6.45, 7) is 9.03. The summed E-state index contributed by atoms with van der Waals surface area (Å²) in [4.78, 5) is 39.3. The normalized spacial score (nSPS) is 32.4. The second-order valence-electron chi connectivity index (χ2n) is 20.2. The second-order valence-corrected chi connectivity index (χ2v) is 20.2. The molecule has 0 N–H and O–H groups in total. The van der Waals surface area contributed by atoms with Crippen LogP contribution in [0.4, 0.5) is 0 Å². The van der Waals surface area contributed by atoms with Gasteiger partial charge in [-0.25, -0.2) is 14.4 Å². The highest BCUT2D eigenvalue weighted by Gasteiger charge is 2.64. The number of hydrogen-bond acceptors (Lipinski definition) is 10. The summed E-state index contributed by atoms with van der Waals surface area (Å²) in [7, 11) is 1.90. The van der Waals surface area contributed by atoms with Gasteiger partial charge in [0.15, 0.2) is 12.4 Å². The minimum atomic E-state index is -1.00. The molecule has 0 bridgehead atoms. The van der Waals surface area contributed by atoms with Crippen molar-refractivity contribution in [3.63, 3.8) is 0 Å². The standard InChI is InChI=1S/C54H70O10/c1-35(21-23-42-30-46-47(63-42)31-45-43-24-22-40-29-41(58-5)25-27-53(40,3)44(43)26-28-54(45,46)4)32-59-49(34-61-51(56)38-17-11-7-12-18-38)62-36(2)48(64-52(57)39-19-13-8-14-20-39)33-60-50(55)37-15-9-6-10-16-37/h6-20,35-36,40-49H,21-34H2,1-5H3/t35-,36?,40?,41?,42?,43?,44?,45?,46?,47?,48-,49+,53?,54?/m0/s1. The van der Waals surface area contributed by atoms with Crippen LogP contribution in [0.15, 0.2) is 91.0 Å². The van der Waals surface area contributed by atoms with Crippen molar-refractivity contribution in [2.75, 3.05) is 26.9 Å². The number of ether oxygens (including phenoxy) is 7. The molecule has 1 heterocycles. The number of fused-ring (bicyclic) bond motifs is 7. The molecule has 64 heavy (non-hydrogen) atoms. The SMILES string of the molecule is COC1CCC2(C)C(CCC3C2CCC2(C)C4CC(CC[C@H](C)CO[C@@H](COC(=O)c5ccccc5)OC(C)[C@H](COC(=O)c5ccccc5)OC(=O)c5ccccc5)OC4CC32)C1. The van der Waals surface area contributed by atoms with E-state index < -0.39 is 36.4 Å². The van der Waals surface area contributed by atoms with Crippen molar-refractivity contribution in [1.82, 2.24) is 0 Å². The van der Waals surface area contributed by atoms with Crippen LogP contribution in [-0.2, 0) is 33.2 Å². The van der Waals surface area contributed by atoms with Gasteiger partial charge in [0.2, 0.25) is 0 Å². The van der Waals surface area contributed by atoms with E-state index in [4.69, 9.17) is 33.2 Å². The van der Waals surface area contributed by atoms with Crippen LogP contribution in [0, 0.1) is 46.3 Å². The molecule has 0 aromatic heterocycles. The van der Waals surface area contributed by atoms with Gasteiger partial charge >= 0.3 is 17.9 Å². The first-order valence-corrected chi connectivity index (χ1v) is 24.1. The van der Waals surface area contributed by atoms with Gasteiger partial charge in [0.25, 0.3) is 0 Å². The van der Waals surface area contributed by atoms with Gasteiger partial charge in [0.05, 0.1) is 47.7 Å². The Morgan fingerprint density at radius 1 is 0.672 bits per heavy atom. The van der Waals surface area contributed by atoms with Gasteiger partial charge in [-0.15, -0.1) is 0 Å². The Morgan fingerprint density at radius 2 is 1.28 bits per heavy atom. The van der Waals surface area contributed by atoms with Gasteiger partial charge in [-0.05, 0) is 160 Å². The maximum atomic E-state index is 13.3. The number of rotatable bonds is 18. The van der Waals surface area contributed by atoms with Crippen molar-refractivity contribution in [2.45, 2.75) is 135 Å². The summed E-state index contributed by atoms with van der Waals surface area (Å²) >= 11 is 0. The molecule has 0 radical (unpaired) electrons. The number of methoxy groups -OCH3 is 1. The number of hydrogen-bond donors (Lipinski definition) is 0. The second kappa shape index (κ2) is 20.6. The summed E-state index contributed by atoms with van der Waals surface area (Å²) in [5.41, 5.74) is 1.94. The molecule has 5 fully saturated rings. The molecular weight excluding hydrogens is 809 g/mol. The third-order valence-corrected chi connectivity index (χ3v) is 16.5. The lowest BCUT2D eigenvalue weighted by Gasteiger charge is -2.61. The molecule has 0 amide bonds. The van der Waals surface area contributed by atoms with E-state index in [1.807, 2.05) is 25.3 Å². The van der Waals surface area contributed by atoms with Crippen LogP contribution in [0.25, 0.3) is 0 Å². The Morgan fingerprint density at radius 3 is 1.92 bits per heavy atom. The Hall–Kier alpha value is -4.09. The van der Waals surface area contributed by atoms with E-state index in [1.165, 1.54) is 51.4 Å². The van der Waals surface area contributed by atoms with Gasteiger partial charge in [-0.2, -0.15) is 0 Å². The quantitative estimate of drug-likeness (QED) is 0.0695. The zero-order chi connectivity index (χ0) is 44.8. The first-order valence-electron chi connectivity index (χ1n) is 24.1. The van der Waals surface area contributed by atoms with Crippen molar-refractivity contribution in [3.8, 4) is 0 Å². The summed E-state index contributed by atoms with van der Waals surface area (Å²) in [5, 5.41) is 0. The van der Waals surface area contributed by atoms with E-state index in [1.54, 1.807) is 79.7 Å². The van der Waals surface area contributed by atoms with Crippen LogP contribution >= 0.6 is 0 Å². The lowest BCUT2D eigenvalue weighted by atomic mass is 9.44. The van der Waals surface area contributed by atoms with Gasteiger partial charge in [0, 0.05) is 7.11 Å². The number of carbonyl (C=O) groups is 3. The minimum Gasteiger partial charge on any atom is -0.458 e. The van der Waals surface area contributed by atoms with Crippen molar-refractivity contribution in [3.05, 3.63) is 108 Å². The molecule has 14 atom stereocenters. The lowest BCUT2D eigenvalue weighted by molar-refractivity contribution is -0.209. The van der Waals surface area contributed by atoms with Crippen LogP contribution in [0.3, 0.4) is 0 Å². The molecule has 8 rings (SSSR count). The van der Waals surface area contributed by atoms with Crippen LogP contribution in [0.5, 0.6) is 0 Å². The fourth-order valence-corrected chi connectivity index (χ4v) is 12.8. The zero-order valence-corrected chi connectivity index (χ0v) is 38.6. The fraction of sp³-hybridized carbons (Fsp3) is 0.611. The van der Waals surface area contributed by atoms with Crippen molar-refractivity contribution in [1.29, 1.82) is 0 Å². The largest absolute Gasteiger partial charge is 0.458 e. The molecule has 10 heteroatoms. The summed E-state index contributed by atoms with van der Waals surface area (Å²) < 4.78 is 42.9. The number of esters is 3. The number of carbonyl (C=O) groups excluding carboxylic acids is 3. The Bertz CT molecular complexity index is 1990. The Kier molecular flexibility index (Phi) is 15.0. The van der Waals surface area contributed by atoms with Crippen molar-refractivity contribution >= 4 is 17.9 Å². The zero-order valence-electron chi connectivity index (χ0n) is 38.6. The summed E-state index contributed by atoms with van der Waals surface area (Å²) in [6.07, 6.45) is 11.6. The molecule has 4 aliphatic carbocycles. The molecule has 4 saturated carbocycles. The molecule has 0 spiro atoms. The first kappa shape index (κ1) is 46.4. The van der Waals surface area contributed by atoms with Crippen LogP contribution in [0.2, 0.25) is 0 Å². The lowest BCUT2D eigenvalue weighted by Crippen LogP contribution is -2.54. The molecule has 3 aromatic carbocycles. The number of benzene rings is 3. The fourth-order valence-electron chi connectivity index (χ4n) is 12.8. The van der Waals surface area contributed by atoms with Gasteiger partial charge in [-0.3, -0.25) is 0 Å². The summed E-state index contributed by atoms with van der Waals surface area (Å²) in [6, 6.07) is 26.0. The predicted molar refractivity (Wildman–Crippen MR) is 242 cm³/mol. The van der Waals surface area contributed by atoms with E-state index in [0.717, 1.165) is 42.9 Å². The third kappa shape index (κ3) is 10.3. The monoisotopic (exact) mass is 878 g/mol. The average Bonchev–Trinajstić information content (AvgIpc) is 3.87. The Labute approximate surface area is 380 Å². The van der Waals surface area contributed by atoms with E-state index >= 15 is 0 Å². The van der Waals surface area contributed by atoms with Crippen molar-refractivity contribution in [2.24, 2.45) is 46.3 Å². The third-order valence-electron chi connectivity index (χ3n) is 16.5. The molecule has 346 valence electrons. The van der Waals surface area contributed by atoms with E-state index in [2.05, 4.69) is 20.8 Å². The van der Waals surface area contributed by atoms with E-state index in [0.29, 0.717) is 52.3 Å². The molecule has 1 saturated heterocycles. The molecule has 11 unspecified atom stereocenters. The molecule has 1 aliphatic heterocycles. The minimum absolute atomic E-state index is 0.164. The smallest absolute Gasteiger partial charge is 0.338 e. The topological polar surface area (TPSA) is 116 Å². The highest BCUT2D eigenvalue weighted by atomic mass is 16.7. The van der Waals surface area contributed by atoms with Crippen LogP contribution < -0.4 is 0 Å². The van der Waals surface area contributed by atoms with E-state index in [-0.39, 0.29) is 25.2 Å². The summed E-state index contributed by atoms with van der Waals surface area (Å²) in [5.74, 6) is 2.36. The van der Waals surface area contributed by atoms with Gasteiger partial charge in [-0.1, -0.05) is 75.4 Å². The maximum Gasteiger partial charge on any atom is 0.338 e. The molecule has 5 aliphatic rings. The maximum absolute atomic E-state index is 13.3. The Balaban J connectivity index is 0.867. The van der Waals surface area contributed by atoms with Crippen LogP contribution in [-0.4, -0.2) is 81.6 Å². The van der Waals surface area contributed by atoms with Crippen molar-refractivity contribution < 1.29 is 47.5 Å². The van der Waals surface area contributed by atoms with E-state index in [9.17, 15) is 14.4 Å². The molecule has 3 aromatic rings. The molecule has 10 nitrogen and oxygen atoms in total. The highest BCUT2D eigenvalue weighted by Crippen LogP contribution is 2.69. The van der Waals surface area contributed by atoms with Crippen LogP contribution in [0.1, 0.15) is 129 Å². The van der Waals surface area contributed by atoms with Gasteiger partial charge < -0.3 is 33.2 Å². The highest BCUT2D eigenvalue weighted by molar-refractivity contribution is 5.90. The predicted octanol–water partition coefficient (Wildman–Crippen LogP) is 10.5. The first-order chi connectivity index (χ1) is 30.9.